The number of hydrogen-bond acceptors (Lipinski definition) is 3. The summed E-state index contributed by atoms with van der Waals surface area (Å²) in [4.78, 5) is 2.39. The average Bonchev–Trinajstić information content (AvgIpc) is 2.86. The van der Waals surface area contributed by atoms with Crippen LogP contribution in [0.2, 0.25) is 0 Å². The van der Waals surface area contributed by atoms with Crippen molar-refractivity contribution >= 4 is 0 Å². The maximum atomic E-state index is 10.3. The van der Waals surface area contributed by atoms with Gasteiger partial charge in [0.1, 0.15) is 0 Å². The van der Waals surface area contributed by atoms with E-state index in [2.05, 4.69) is 11.8 Å². The van der Waals surface area contributed by atoms with E-state index in [1.807, 2.05) is 24.3 Å². The zero-order valence-electron chi connectivity index (χ0n) is 11.9. The van der Waals surface area contributed by atoms with Gasteiger partial charge in [-0.15, -0.1) is 0 Å². The fourth-order valence-corrected chi connectivity index (χ4v) is 2.95. The second-order valence-electron chi connectivity index (χ2n) is 5.66. The highest BCUT2D eigenvalue weighted by Gasteiger charge is 2.23. The first kappa shape index (κ1) is 14.5. The maximum Gasteiger partial charge on any atom is 0.0916 e. The molecule has 1 aromatic rings. The average molecular weight is 262 g/mol. The van der Waals surface area contributed by atoms with Gasteiger partial charge < -0.3 is 15.7 Å². The highest BCUT2D eigenvalue weighted by atomic mass is 16.3. The number of aliphatic hydroxyl groups excluding tert-OH is 1. The van der Waals surface area contributed by atoms with Crippen LogP contribution in [-0.4, -0.2) is 29.6 Å². The maximum absolute atomic E-state index is 10.3. The van der Waals surface area contributed by atoms with E-state index in [1.54, 1.807) is 0 Å². The molecule has 1 aromatic carbocycles. The van der Waals surface area contributed by atoms with E-state index in [1.165, 1.54) is 19.3 Å². The van der Waals surface area contributed by atoms with Crippen LogP contribution in [0.5, 0.6) is 0 Å². The molecule has 0 amide bonds. The number of likely N-dealkylation sites (tertiary alicyclic amines) is 1. The molecule has 0 aliphatic carbocycles. The molecule has 1 saturated heterocycles. The number of β-amino-alcohol motifs (C(OH)–C–C–N with tert-alkyl or cyclic N) is 1. The van der Waals surface area contributed by atoms with Gasteiger partial charge in [0.05, 0.1) is 6.10 Å². The van der Waals surface area contributed by atoms with E-state index in [4.69, 9.17) is 5.73 Å². The van der Waals surface area contributed by atoms with E-state index < -0.39 is 0 Å². The highest BCUT2D eigenvalue weighted by molar-refractivity contribution is 5.24. The molecular formula is C16H26N2O. The lowest BCUT2D eigenvalue weighted by Gasteiger charge is -2.20. The van der Waals surface area contributed by atoms with E-state index in [0.29, 0.717) is 6.54 Å². The molecule has 0 aromatic heterocycles. The second-order valence-corrected chi connectivity index (χ2v) is 5.66. The van der Waals surface area contributed by atoms with Gasteiger partial charge in [0, 0.05) is 19.6 Å². The molecule has 3 N–H and O–H groups in total. The monoisotopic (exact) mass is 262 g/mol. The first-order valence-corrected chi connectivity index (χ1v) is 7.42. The van der Waals surface area contributed by atoms with Crippen LogP contribution in [0.3, 0.4) is 0 Å². The summed E-state index contributed by atoms with van der Waals surface area (Å²) < 4.78 is 0. The van der Waals surface area contributed by atoms with Crippen molar-refractivity contribution in [3.05, 3.63) is 35.4 Å². The summed E-state index contributed by atoms with van der Waals surface area (Å²) >= 11 is 0. The molecule has 0 bridgehead atoms. The Bertz CT molecular complexity index is 377. The number of rotatable bonds is 6. The predicted molar refractivity (Wildman–Crippen MR) is 78.7 cm³/mol. The van der Waals surface area contributed by atoms with Crippen LogP contribution < -0.4 is 5.73 Å². The van der Waals surface area contributed by atoms with Crippen LogP contribution >= 0.6 is 0 Å². The third-order valence-corrected chi connectivity index (χ3v) is 4.10. The van der Waals surface area contributed by atoms with Crippen LogP contribution in [0.4, 0.5) is 0 Å². The van der Waals surface area contributed by atoms with Crippen molar-refractivity contribution in [3.63, 3.8) is 0 Å². The topological polar surface area (TPSA) is 49.5 Å². The van der Waals surface area contributed by atoms with Crippen LogP contribution in [0, 0.1) is 5.92 Å². The molecule has 2 unspecified atom stereocenters. The number of nitrogens with zero attached hydrogens (tertiary/aromatic N) is 1. The number of nitrogens with two attached hydrogens (primary N) is 1. The van der Waals surface area contributed by atoms with E-state index >= 15 is 0 Å². The zero-order chi connectivity index (χ0) is 13.7. The Morgan fingerprint density at radius 3 is 2.74 bits per heavy atom. The predicted octanol–water partition coefficient (Wildman–Crippen LogP) is 2.30. The molecule has 0 spiro atoms. The molecule has 1 heterocycles. The second kappa shape index (κ2) is 7.04. The van der Waals surface area contributed by atoms with E-state index in [-0.39, 0.29) is 6.10 Å². The Labute approximate surface area is 116 Å². The van der Waals surface area contributed by atoms with Crippen LogP contribution in [0.1, 0.15) is 43.4 Å². The molecule has 1 fully saturated rings. The fourth-order valence-electron chi connectivity index (χ4n) is 2.95. The lowest BCUT2D eigenvalue weighted by Crippen LogP contribution is -2.26. The summed E-state index contributed by atoms with van der Waals surface area (Å²) in [5.41, 5.74) is 7.69. The van der Waals surface area contributed by atoms with Crippen molar-refractivity contribution < 1.29 is 5.11 Å². The summed E-state index contributed by atoms with van der Waals surface area (Å²) in [6, 6.07) is 7.99. The van der Waals surface area contributed by atoms with E-state index in [0.717, 1.165) is 36.7 Å². The first-order chi connectivity index (χ1) is 9.22. The molecule has 106 valence electrons. The molecular weight excluding hydrogens is 236 g/mol. The van der Waals surface area contributed by atoms with Crippen LogP contribution in [0.25, 0.3) is 0 Å². The largest absolute Gasteiger partial charge is 0.387 e. The van der Waals surface area contributed by atoms with Gasteiger partial charge in [0.25, 0.3) is 0 Å². The Morgan fingerprint density at radius 2 is 2.11 bits per heavy atom. The molecule has 3 heteroatoms. The van der Waals surface area contributed by atoms with Crippen molar-refractivity contribution in [3.8, 4) is 0 Å². The van der Waals surface area contributed by atoms with Crippen LogP contribution in [-0.2, 0) is 6.54 Å². The Balaban J connectivity index is 1.85. The van der Waals surface area contributed by atoms with Gasteiger partial charge >= 0.3 is 0 Å². The standard InChI is InChI=1S/C16H26N2O/c1-2-3-14-8-9-18(11-14)12-16(19)15-6-4-13(10-17)5-7-15/h4-7,14,16,19H,2-3,8-12,17H2,1H3. The molecule has 2 atom stereocenters. The summed E-state index contributed by atoms with van der Waals surface area (Å²) in [6.45, 7) is 5.83. The number of hydrogen-bond donors (Lipinski definition) is 2. The summed E-state index contributed by atoms with van der Waals surface area (Å²) in [7, 11) is 0. The normalized spacial score (nSPS) is 21.7. The van der Waals surface area contributed by atoms with Gasteiger partial charge in [-0.1, -0.05) is 37.6 Å². The van der Waals surface area contributed by atoms with Crippen LogP contribution in [0.15, 0.2) is 24.3 Å². The smallest absolute Gasteiger partial charge is 0.0916 e. The Kier molecular flexibility index (Phi) is 5.37. The van der Waals surface area contributed by atoms with Crippen molar-refractivity contribution in [2.45, 2.75) is 38.8 Å². The quantitative estimate of drug-likeness (QED) is 0.827. The molecule has 0 radical (unpaired) electrons. The van der Waals surface area contributed by atoms with Gasteiger partial charge in [-0.25, -0.2) is 0 Å². The van der Waals surface area contributed by atoms with Crippen molar-refractivity contribution in [1.82, 2.24) is 4.90 Å². The molecule has 1 aliphatic rings. The van der Waals surface area contributed by atoms with Gasteiger partial charge in [-0.2, -0.15) is 0 Å². The van der Waals surface area contributed by atoms with Crippen molar-refractivity contribution in [2.24, 2.45) is 11.7 Å². The lowest BCUT2D eigenvalue weighted by atomic mass is 10.0. The Hall–Kier alpha value is -0.900. The molecule has 1 aliphatic heterocycles. The van der Waals surface area contributed by atoms with Gasteiger partial charge in [-0.05, 0) is 36.4 Å². The third kappa shape index (κ3) is 4.03. The minimum Gasteiger partial charge on any atom is -0.387 e. The van der Waals surface area contributed by atoms with Crippen molar-refractivity contribution in [1.29, 1.82) is 0 Å². The highest BCUT2D eigenvalue weighted by Crippen LogP contribution is 2.23. The first-order valence-electron chi connectivity index (χ1n) is 7.42. The number of benzene rings is 1. The van der Waals surface area contributed by atoms with Gasteiger partial charge in [-0.3, -0.25) is 0 Å². The third-order valence-electron chi connectivity index (χ3n) is 4.10. The number of aliphatic hydroxyl groups is 1. The van der Waals surface area contributed by atoms with Crippen molar-refractivity contribution in [2.75, 3.05) is 19.6 Å². The van der Waals surface area contributed by atoms with Gasteiger partial charge in [0.15, 0.2) is 0 Å². The molecule has 19 heavy (non-hydrogen) atoms. The zero-order valence-corrected chi connectivity index (χ0v) is 11.9. The summed E-state index contributed by atoms with van der Waals surface area (Å²) in [5.74, 6) is 0.830. The minimum atomic E-state index is -0.382. The molecule has 2 rings (SSSR count). The minimum absolute atomic E-state index is 0.382. The summed E-state index contributed by atoms with van der Waals surface area (Å²) in [6.07, 6.45) is 3.48. The van der Waals surface area contributed by atoms with E-state index in [9.17, 15) is 5.11 Å². The lowest BCUT2D eigenvalue weighted by molar-refractivity contribution is 0.124. The fraction of sp³-hybridized carbons (Fsp3) is 0.625. The van der Waals surface area contributed by atoms with Gasteiger partial charge in [0.2, 0.25) is 0 Å². The Morgan fingerprint density at radius 1 is 1.37 bits per heavy atom. The summed E-state index contributed by atoms with van der Waals surface area (Å²) in [5, 5.41) is 10.3. The molecule has 3 nitrogen and oxygen atoms in total. The SMILES string of the molecule is CCCC1CCN(CC(O)c2ccc(CN)cc2)C1. The molecule has 0 saturated carbocycles.